The van der Waals surface area contributed by atoms with Gasteiger partial charge >= 0.3 is 0 Å². The molecule has 1 atom stereocenters. The standard InChI is InChI=1S/C12H16N2/c1-10(13)6-7-14-8-11-4-2-3-5-12(11)9-14/h2-5,8-10H,6-7,13H2,1H3. The second-order valence-corrected chi connectivity index (χ2v) is 3.89. The highest BCUT2D eigenvalue weighted by atomic mass is 14.9. The number of hydrogen-bond donors (Lipinski definition) is 1. The van der Waals surface area contributed by atoms with Gasteiger partial charge in [-0.1, -0.05) is 24.3 Å². The molecule has 0 aliphatic heterocycles. The van der Waals surface area contributed by atoms with Crippen molar-refractivity contribution < 1.29 is 0 Å². The number of benzene rings is 1. The summed E-state index contributed by atoms with van der Waals surface area (Å²) in [5.41, 5.74) is 5.72. The van der Waals surface area contributed by atoms with Crippen molar-refractivity contribution in [1.82, 2.24) is 4.57 Å². The topological polar surface area (TPSA) is 30.9 Å². The Kier molecular flexibility index (Phi) is 2.55. The van der Waals surface area contributed by atoms with Crippen LogP contribution in [-0.2, 0) is 6.54 Å². The lowest BCUT2D eigenvalue weighted by Gasteiger charge is -2.04. The number of fused-ring (bicyclic) bond motifs is 1. The summed E-state index contributed by atoms with van der Waals surface area (Å²) in [7, 11) is 0. The molecule has 0 bridgehead atoms. The third-order valence-corrected chi connectivity index (χ3v) is 2.45. The fraction of sp³-hybridized carbons (Fsp3) is 0.333. The zero-order valence-electron chi connectivity index (χ0n) is 8.48. The summed E-state index contributed by atoms with van der Waals surface area (Å²) >= 11 is 0. The van der Waals surface area contributed by atoms with Gasteiger partial charge < -0.3 is 10.3 Å². The van der Waals surface area contributed by atoms with Crippen LogP contribution in [0.25, 0.3) is 10.8 Å². The van der Waals surface area contributed by atoms with Crippen molar-refractivity contribution in [2.24, 2.45) is 5.73 Å². The molecule has 0 fully saturated rings. The van der Waals surface area contributed by atoms with Crippen LogP contribution in [0.15, 0.2) is 36.7 Å². The summed E-state index contributed by atoms with van der Waals surface area (Å²) in [6, 6.07) is 8.69. The first-order valence-corrected chi connectivity index (χ1v) is 5.06. The zero-order valence-corrected chi connectivity index (χ0v) is 8.48. The highest BCUT2D eigenvalue weighted by Gasteiger charge is 1.98. The molecule has 0 radical (unpaired) electrons. The number of aromatic nitrogens is 1. The Morgan fingerprint density at radius 3 is 2.29 bits per heavy atom. The SMILES string of the molecule is CC(N)CCn1cc2ccccc2c1. The van der Waals surface area contributed by atoms with Crippen molar-refractivity contribution in [2.45, 2.75) is 25.9 Å². The third kappa shape index (κ3) is 1.96. The lowest BCUT2D eigenvalue weighted by molar-refractivity contribution is 0.574. The Labute approximate surface area is 84.3 Å². The molecule has 0 amide bonds. The fourth-order valence-electron chi connectivity index (χ4n) is 1.62. The summed E-state index contributed by atoms with van der Waals surface area (Å²) in [4.78, 5) is 0. The Morgan fingerprint density at radius 2 is 1.79 bits per heavy atom. The minimum absolute atomic E-state index is 0.278. The summed E-state index contributed by atoms with van der Waals surface area (Å²) < 4.78 is 2.22. The van der Waals surface area contributed by atoms with Gasteiger partial charge in [-0.05, 0) is 24.1 Å². The Balaban J connectivity index is 2.19. The van der Waals surface area contributed by atoms with E-state index in [4.69, 9.17) is 5.73 Å². The van der Waals surface area contributed by atoms with Gasteiger partial charge in [-0.15, -0.1) is 0 Å². The van der Waals surface area contributed by atoms with E-state index in [0.29, 0.717) is 0 Å². The molecule has 2 N–H and O–H groups in total. The second kappa shape index (κ2) is 3.84. The summed E-state index contributed by atoms with van der Waals surface area (Å²) in [5.74, 6) is 0. The van der Waals surface area contributed by atoms with E-state index in [2.05, 4.69) is 41.2 Å². The van der Waals surface area contributed by atoms with E-state index in [1.807, 2.05) is 6.92 Å². The van der Waals surface area contributed by atoms with E-state index in [-0.39, 0.29) is 6.04 Å². The number of hydrogen-bond acceptors (Lipinski definition) is 1. The fourth-order valence-corrected chi connectivity index (χ4v) is 1.62. The first kappa shape index (κ1) is 9.28. The molecule has 0 aliphatic rings. The summed E-state index contributed by atoms with van der Waals surface area (Å²) in [5, 5.41) is 2.61. The maximum absolute atomic E-state index is 5.72. The van der Waals surface area contributed by atoms with Gasteiger partial charge in [0.15, 0.2) is 0 Å². The molecule has 0 saturated carbocycles. The molecule has 1 heterocycles. The molecule has 2 nitrogen and oxygen atoms in total. The number of nitrogens with two attached hydrogens (primary N) is 1. The monoisotopic (exact) mass is 188 g/mol. The van der Waals surface area contributed by atoms with Crippen LogP contribution in [0.3, 0.4) is 0 Å². The van der Waals surface area contributed by atoms with E-state index in [9.17, 15) is 0 Å². The largest absolute Gasteiger partial charge is 0.353 e. The van der Waals surface area contributed by atoms with Crippen LogP contribution in [0.4, 0.5) is 0 Å². The number of rotatable bonds is 3. The van der Waals surface area contributed by atoms with Gasteiger partial charge in [0.2, 0.25) is 0 Å². The summed E-state index contributed by atoms with van der Waals surface area (Å²) in [6.07, 6.45) is 5.39. The smallest absolute Gasteiger partial charge is 0.0234 e. The first-order valence-electron chi connectivity index (χ1n) is 5.06. The average Bonchev–Trinajstić information content (AvgIpc) is 2.57. The number of aryl methyl sites for hydroxylation is 1. The minimum Gasteiger partial charge on any atom is -0.353 e. The molecule has 1 aromatic heterocycles. The highest BCUT2D eigenvalue weighted by molar-refractivity contribution is 5.81. The Bertz CT molecular complexity index is 382. The van der Waals surface area contributed by atoms with Crippen LogP contribution in [0.2, 0.25) is 0 Å². The quantitative estimate of drug-likeness (QED) is 0.787. The van der Waals surface area contributed by atoms with Crippen LogP contribution in [-0.4, -0.2) is 10.6 Å². The molecule has 1 aromatic carbocycles. The Morgan fingerprint density at radius 1 is 1.21 bits per heavy atom. The average molecular weight is 188 g/mol. The van der Waals surface area contributed by atoms with Crippen molar-refractivity contribution in [1.29, 1.82) is 0 Å². The molecular formula is C12H16N2. The molecular weight excluding hydrogens is 172 g/mol. The predicted octanol–water partition coefficient (Wildman–Crippen LogP) is 2.38. The van der Waals surface area contributed by atoms with Gasteiger partial charge in [0, 0.05) is 25.0 Å². The van der Waals surface area contributed by atoms with E-state index >= 15 is 0 Å². The van der Waals surface area contributed by atoms with E-state index in [1.54, 1.807) is 0 Å². The molecule has 1 unspecified atom stereocenters. The highest BCUT2D eigenvalue weighted by Crippen LogP contribution is 2.14. The molecule has 0 spiro atoms. The lowest BCUT2D eigenvalue weighted by atomic mass is 10.2. The van der Waals surface area contributed by atoms with Crippen molar-refractivity contribution in [3.05, 3.63) is 36.7 Å². The molecule has 74 valence electrons. The second-order valence-electron chi connectivity index (χ2n) is 3.89. The van der Waals surface area contributed by atoms with Crippen LogP contribution < -0.4 is 5.73 Å². The molecule has 2 aromatic rings. The molecule has 0 saturated heterocycles. The Hall–Kier alpha value is -1.28. The van der Waals surface area contributed by atoms with Crippen molar-refractivity contribution in [3.63, 3.8) is 0 Å². The summed E-state index contributed by atoms with van der Waals surface area (Å²) in [6.45, 7) is 3.05. The van der Waals surface area contributed by atoms with Gasteiger partial charge in [-0.3, -0.25) is 0 Å². The minimum atomic E-state index is 0.278. The van der Waals surface area contributed by atoms with Crippen molar-refractivity contribution in [2.75, 3.05) is 0 Å². The van der Waals surface area contributed by atoms with Gasteiger partial charge in [-0.2, -0.15) is 0 Å². The third-order valence-electron chi connectivity index (χ3n) is 2.45. The zero-order chi connectivity index (χ0) is 9.97. The first-order chi connectivity index (χ1) is 6.75. The maximum Gasteiger partial charge on any atom is 0.0234 e. The predicted molar refractivity (Wildman–Crippen MR) is 60.2 cm³/mol. The van der Waals surface area contributed by atoms with Crippen LogP contribution in [0, 0.1) is 0 Å². The van der Waals surface area contributed by atoms with Crippen LogP contribution in [0.1, 0.15) is 13.3 Å². The molecule has 2 rings (SSSR count). The molecule has 0 aliphatic carbocycles. The van der Waals surface area contributed by atoms with Gasteiger partial charge in [-0.25, -0.2) is 0 Å². The number of nitrogens with zero attached hydrogens (tertiary/aromatic N) is 1. The van der Waals surface area contributed by atoms with Crippen molar-refractivity contribution in [3.8, 4) is 0 Å². The van der Waals surface area contributed by atoms with Gasteiger partial charge in [0.1, 0.15) is 0 Å². The molecule has 14 heavy (non-hydrogen) atoms. The van der Waals surface area contributed by atoms with Crippen LogP contribution in [0.5, 0.6) is 0 Å². The van der Waals surface area contributed by atoms with E-state index in [1.165, 1.54) is 10.8 Å². The van der Waals surface area contributed by atoms with Gasteiger partial charge in [0.05, 0.1) is 0 Å². The van der Waals surface area contributed by atoms with Gasteiger partial charge in [0.25, 0.3) is 0 Å². The van der Waals surface area contributed by atoms with Crippen molar-refractivity contribution >= 4 is 10.8 Å². The lowest BCUT2D eigenvalue weighted by Crippen LogP contribution is -2.16. The van der Waals surface area contributed by atoms with Crippen LogP contribution >= 0.6 is 0 Å². The van der Waals surface area contributed by atoms with E-state index < -0.39 is 0 Å². The maximum atomic E-state index is 5.72. The van der Waals surface area contributed by atoms with E-state index in [0.717, 1.165) is 13.0 Å². The molecule has 2 heteroatoms. The normalized spacial score (nSPS) is 13.3.